The molecule has 0 bridgehead atoms. The second kappa shape index (κ2) is 8.36. The summed E-state index contributed by atoms with van der Waals surface area (Å²) in [5, 5.41) is 9.21. The van der Waals surface area contributed by atoms with Gasteiger partial charge in [-0.05, 0) is 36.4 Å². The zero-order valence-corrected chi connectivity index (χ0v) is 14.4. The average molecular weight is 338 g/mol. The van der Waals surface area contributed by atoms with Gasteiger partial charge in [-0.2, -0.15) is 5.26 Å². The van der Waals surface area contributed by atoms with E-state index in [1.165, 1.54) is 0 Å². The van der Waals surface area contributed by atoms with E-state index in [4.69, 9.17) is 9.47 Å². The maximum Gasteiger partial charge on any atom is 0.146 e. The van der Waals surface area contributed by atoms with Gasteiger partial charge < -0.3 is 14.4 Å². The zero-order valence-electron chi connectivity index (χ0n) is 14.4. The number of anilines is 1. The summed E-state index contributed by atoms with van der Waals surface area (Å²) in [6.45, 7) is 5.15. The van der Waals surface area contributed by atoms with E-state index in [-0.39, 0.29) is 0 Å². The fourth-order valence-corrected chi connectivity index (χ4v) is 2.88. The third-order valence-corrected chi connectivity index (χ3v) is 4.31. The summed E-state index contributed by atoms with van der Waals surface area (Å²) in [5.41, 5.74) is 0.638. The van der Waals surface area contributed by atoms with Crippen molar-refractivity contribution in [3.05, 3.63) is 48.2 Å². The number of ether oxygens (including phenoxy) is 2. The van der Waals surface area contributed by atoms with Gasteiger partial charge in [-0.1, -0.05) is 0 Å². The van der Waals surface area contributed by atoms with Crippen molar-refractivity contribution >= 4 is 5.82 Å². The molecule has 6 heteroatoms. The summed E-state index contributed by atoms with van der Waals surface area (Å²) in [7, 11) is 1.65. The van der Waals surface area contributed by atoms with Gasteiger partial charge in [-0.25, -0.2) is 4.98 Å². The molecule has 1 aromatic carbocycles. The number of pyridine rings is 1. The summed E-state index contributed by atoms with van der Waals surface area (Å²) in [4.78, 5) is 8.91. The Balaban J connectivity index is 1.44. The monoisotopic (exact) mass is 338 g/mol. The highest BCUT2D eigenvalue weighted by atomic mass is 16.5. The van der Waals surface area contributed by atoms with Crippen molar-refractivity contribution in [2.75, 3.05) is 51.3 Å². The van der Waals surface area contributed by atoms with Gasteiger partial charge in [0.15, 0.2) is 0 Å². The van der Waals surface area contributed by atoms with Gasteiger partial charge in [0.05, 0.1) is 12.7 Å². The predicted molar refractivity (Wildman–Crippen MR) is 96.1 cm³/mol. The minimum absolute atomic E-state index is 0.638. The lowest BCUT2D eigenvalue weighted by Crippen LogP contribution is -2.48. The Kier molecular flexibility index (Phi) is 5.70. The van der Waals surface area contributed by atoms with Crippen LogP contribution in [0.3, 0.4) is 0 Å². The fraction of sp³-hybridized carbons (Fsp3) is 0.368. The molecule has 130 valence electrons. The molecule has 0 unspecified atom stereocenters. The second-order valence-electron chi connectivity index (χ2n) is 5.84. The molecule has 25 heavy (non-hydrogen) atoms. The highest BCUT2D eigenvalue weighted by Gasteiger charge is 2.19. The van der Waals surface area contributed by atoms with E-state index in [1.54, 1.807) is 19.4 Å². The highest BCUT2D eigenvalue weighted by Crippen LogP contribution is 2.19. The van der Waals surface area contributed by atoms with E-state index in [0.717, 1.165) is 50.0 Å². The van der Waals surface area contributed by atoms with Gasteiger partial charge in [0.25, 0.3) is 0 Å². The number of nitriles is 1. The molecule has 0 spiro atoms. The molecule has 1 fully saturated rings. The van der Waals surface area contributed by atoms with Crippen LogP contribution in [0.5, 0.6) is 11.5 Å². The minimum Gasteiger partial charge on any atom is -0.497 e. The number of rotatable bonds is 6. The van der Waals surface area contributed by atoms with Crippen molar-refractivity contribution in [3.8, 4) is 17.6 Å². The van der Waals surface area contributed by atoms with Crippen molar-refractivity contribution in [1.82, 2.24) is 9.88 Å². The average Bonchev–Trinajstić information content (AvgIpc) is 2.69. The van der Waals surface area contributed by atoms with Crippen molar-refractivity contribution in [2.45, 2.75) is 0 Å². The van der Waals surface area contributed by atoms with Crippen LogP contribution in [0, 0.1) is 11.3 Å². The first-order valence-electron chi connectivity index (χ1n) is 8.39. The largest absolute Gasteiger partial charge is 0.497 e. The molecule has 1 aliphatic rings. The molecule has 2 heterocycles. The number of piperazine rings is 1. The molecular weight excluding hydrogens is 316 g/mol. The molecule has 6 nitrogen and oxygen atoms in total. The van der Waals surface area contributed by atoms with E-state index in [9.17, 15) is 5.26 Å². The maximum absolute atomic E-state index is 9.21. The van der Waals surface area contributed by atoms with E-state index >= 15 is 0 Å². The van der Waals surface area contributed by atoms with E-state index in [0.29, 0.717) is 12.2 Å². The summed E-state index contributed by atoms with van der Waals surface area (Å²) in [6, 6.07) is 13.5. The van der Waals surface area contributed by atoms with Gasteiger partial charge in [0.1, 0.15) is 30.0 Å². The summed E-state index contributed by atoms with van der Waals surface area (Å²) in [5.74, 6) is 2.47. The second-order valence-corrected chi connectivity index (χ2v) is 5.84. The zero-order chi connectivity index (χ0) is 17.5. The van der Waals surface area contributed by atoms with Crippen LogP contribution in [-0.4, -0.2) is 56.3 Å². The third kappa shape index (κ3) is 4.40. The van der Waals surface area contributed by atoms with Crippen LogP contribution < -0.4 is 14.4 Å². The number of hydrogen-bond donors (Lipinski definition) is 0. The Morgan fingerprint density at radius 1 is 1.08 bits per heavy atom. The molecular formula is C19H22N4O2. The van der Waals surface area contributed by atoms with Crippen LogP contribution >= 0.6 is 0 Å². The standard InChI is InChI=1S/C19H22N4O2/c1-24-17-4-6-18(7-5-17)25-14-13-22-9-11-23(12-10-22)19-16(15-20)3-2-8-21-19/h2-8H,9-14H2,1H3. The SMILES string of the molecule is COc1ccc(OCCN2CCN(c3ncccc3C#N)CC2)cc1. The number of methoxy groups -OCH3 is 1. The van der Waals surface area contributed by atoms with Gasteiger partial charge in [-0.15, -0.1) is 0 Å². The molecule has 0 atom stereocenters. The molecule has 0 amide bonds. The van der Waals surface area contributed by atoms with Crippen LogP contribution in [0.15, 0.2) is 42.6 Å². The Hall–Kier alpha value is -2.78. The van der Waals surface area contributed by atoms with Crippen LogP contribution in [0.25, 0.3) is 0 Å². The summed E-state index contributed by atoms with van der Waals surface area (Å²) in [6.07, 6.45) is 1.74. The van der Waals surface area contributed by atoms with Crippen molar-refractivity contribution < 1.29 is 9.47 Å². The summed E-state index contributed by atoms with van der Waals surface area (Å²) < 4.78 is 10.9. The number of aromatic nitrogens is 1. The quantitative estimate of drug-likeness (QED) is 0.804. The fourth-order valence-electron chi connectivity index (χ4n) is 2.88. The Labute approximate surface area is 148 Å². The first-order chi connectivity index (χ1) is 12.3. The van der Waals surface area contributed by atoms with E-state index < -0.39 is 0 Å². The lowest BCUT2D eigenvalue weighted by molar-refractivity contribution is 0.200. The van der Waals surface area contributed by atoms with Gasteiger partial charge in [0, 0.05) is 38.9 Å². The van der Waals surface area contributed by atoms with Gasteiger partial charge >= 0.3 is 0 Å². The molecule has 0 saturated carbocycles. The first kappa shape index (κ1) is 17.1. The van der Waals surface area contributed by atoms with Gasteiger partial charge in [0.2, 0.25) is 0 Å². The maximum atomic E-state index is 9.21. The van der Waals surface area contributed by atoms with Gasteiger partial charge in [-0.3, -0.25) is 4.90 Å². The lowest BCUT2D eigenvalue weighted by Gasteiger charge is -2.35. The van der Waals surface area contributed by atoms with Crippen molar-refractivity contribution in [2.24, 2.45) is 0 Å². The topological polar surface area (TPSA) is 61.6 Å². The van der Waals surface area contributed by atoms with Crippen LogP contribution in [0.1, 0.15) is 5.56 Å². The minimum atomic E-state index is 0.638. The summed E-state index contributed by atoms with van der Waals surface area (Å²) >= 11 is 0. The third-order valence-electron chi connectivity index (χ3n) is 4.31. The molecule has 0 N–H and O–H groups in total. The highest BCUT2D eigenvalue weighted by molar-refractivity contribution is 5.53. The van der Waals surface area contributed by atoms with Crippen LogP contribution in [0.4, 0.5) is 5.82 Å². The Morgan fingerprint density at radius 3 is 2.48 bits per heavy atom. The van der Waals surface area contributed by atoms with E-state index in [2.05, 4.69) is 20.9 Å². The molecule has 0 aliphatic carbocycles. The number of nitrogens with zero attached hydrogens (tertiary/aromatic N) is 4. The molecule has 1 aliphatic heterocycles. The lowest BCUT2D eigenvalue weighted by atomic mass is 10.2. The number of benzene rings is 1. The smallest absolute Gasteiger partial charge is 0.146 e. The van der Waals surface area contributed by atoms with Crippen molar-refractivity contribution in [1.29, 1.82) is 5.26 Å². The van der Waals surface area contributed by atoms with Crippen molar-refractivity contribution in [3.63, 3.8) is 0 Å². The molecule has 3 rings (SSSR count). The molecule has 0 radical (unpaired) electrons. The predicted octanol–water partition coefficient (Wildman–Crippen LogP) is 2.16. The molecule has 1 aromatic heterocycles. The normalized spacial score (nSPS) is 14.8. The Morgan fingerprint density at radius 2 is 1.80 bits per heavy atom. The van der Waals surface area contributed by atoms with E-state index in [1.807, 2.05) is 30.3 Å². The molecule has 1 saturated heterocycles. The first-order valence-corrected chi connectivity index (χ1v) is 8.39. The van der Waals surface area contributed by atoms with Crippen LogP contribution in [0.2, 0.25) is 0 Å². The molecule has 2 aromatic rings. The number of hydrogen-bond acceptors (Lipinski definition) is 6. The van der Waals surface area contributed by atoms with Crippen LogP contribution in [-0.2, 0) is 0 Å². The Bertz CT molecular complexity index is 719.